The Balaban J connectivity index is 0.00000196. The van der Waals surface area contributed by atoms with Crippen molar-refractivity contribution in [1.82, 2.24) is 15.2 Å². The fourth-order valence-electron chi connectivity index (χ4n) is 3.87. The van der Waals surface area contributed by atoms with Crippen LogP contribution in [0.2, 0.25) is 0 Å². The van der Waals surface area contributed by atoms with Crippen molar-refractivity contribution in [2.75, 3.05) is 44.2 Å². The number of anilines is 1. The summed E-state index contributed by atoms with van der Waals surface area (Å²) in [5.74, 6) is 0.146. The maximum Gasteiger partial charge on any atom is 0.227 e. The minimum Gasteiger partial charge on any atom is -0.367 e. The van der Waals surface area contributed by atoms with E-state index in [1.165, 1.54) is 12.1 Å². The summed E-state index contributed by atoms with van der Waals surface area (Å²) in [6.45, 7) is 4.89. The van der Waals surface area contributed by atoms with E-state index in [9.17, 15) is 9.18 Å². The van der Waals surface area contributed by atoms with Gasteiger partial charge in [-0.1, -0.05) is 0 Å². The zero-order valence-corrected chi connectivity index (χ0v) is 15.7. The number of carbonyl (C=O) groups excluding carboxylic acids is 1. The van der Waals surface area contributed by atoms with E-state index in [0.29, 0.717) is 5.52 Å². The van der Waals surface area contributed by atoms with Crippen molar-refractivity contribution in [1.29, 1.82) is 0 Å². The smallest absolute Gasteiger partial charge is 0.227 e. The summed E-state index contributed by atoms with van der Waals surface area (Å²) >= 11 is 0. The van der Waals surface area contributed by atoms with Crippen molar-refractivity contribution < 1.29 is 9.18 Å². The van der Waals surface area contributed by atoms with E-state index in [2.05, 4.69) is 15.2 Å². The van der Waals surface area contributed by atoms with Gasteiger partial charge in [0.15, 0.2) is 0 Å². The third kappa shape index (κ3) is 3.78. The lowest BCUT2D eigenvalue weighted by Crippen LogP contribution is -2.52. The number of hydrogen-bond acceptors (Lipinski definition) is 4. The number of nitrogens with one attached hydrogen (secondary N) is 1. The van der Waals surface area contributed by atoms with Gasteiger partial charge in [-0.3, -0.25) is 9.78 Å². The average molecular weight is 377 g/mol. The number of halogens is 1. The van der Waals surface area contributed by atoms with Crippen molar-refractivity contribution in [3.05, 3.63) is 36.3 Å². The fraction of sp³-hybridized carbons (Fsp3) is 0.474. The average Bonchev–Trinajstić information content (AvgIpc) is 2.67. The lowest BCUT2D eigenvalue weighted by molar-refractivity contribution is -0.136. The summed E-state index contributed by atoms with van der Waals surface area (Å²) in [6.07, 6.45) is 3.80. The second-order valence-electron chi connectivity index (χ2n) is 6.85. The number of nitrogens with zero attached hydrogens (tertiary/aromatic N) is 3. The molecule has 2 aromatic rings. The van der Waals surface area contributed by atoms with Crippen LogP contribution in [0.1, 0.15) is 12.8 Å². The molecule has 2 saturated heterocycles. The molecule has 2 fully saturated rings. The first-order valence-corrected chi connectivity index (χ1v) is 9.01. The van der Waals surface area contributed by atoms with Gasteiger partial charge in [0.1, 0.15) is 5.82 Å². The molecule has 140 valence electrons. The zero-order valence-electron chi connectivity index (χ0n) is 14.7. The highest BCUT2D eigenvalue weighted by Crippen LogP contribution is 2.27. The molecule has 1 atom stereocenters. The first kappa shape index (κ1) is 18.9. The molecular formula is C19H25FN4OS. The molecule has 1 aromatic carbocycles. The molecule has 26 heavy (non-hydrogen) atoms. The standard InChI is InChI=1S/C19H23FN4O.H2S/c20-15-3-4-16-17(12-15)22-7-5-18(16)23-8-10-24(11-9-23)19(25)14-2-1-6-21-13-14;/h3-5,7,12,14,21H,1-2,6,8-11,13H2;1H2/t14-;/m0./s1. The number of piperazine rings is 1. The zero-order chi connectivity index (χ0) is 17.2. The summed E-state index contributed by atoms with van der Waals surface area (Å²) < 4.78 is 13.4. The Bertz CT molecular complexity index is 773. The van der Waals surface area contributed by atoms with Crippen molar-refractivity contribution in [2.45, 2.75) is 12.8 Å². The number of aromatic nitrogens is 1. The van der Waals surface area contributed by atoms with Crippen LogP contribution in [0, 0.1) is 11.7 Å². The number of benzene rings is 1. The second-order valence-corrected chi connectivity index (χ2v) is 6.85. The maximum atomic E-state index is 13.4. The van der Waals surface area contributed by atoms with Crippen LogP contribution in [0.5, 0.6) is 0 Å². The van der Waals surface area contributed by atoms with Gasteiger partial charge in [-0.2, -0.15) is 13.5 Å². The van der Waals surface area contributed by atoms with Crippen molar-refractivity contribution >= 4 is 36.0 Å². The summed E-state index contributed by atoms with van der Waals surface area (Å²) in [4.78, 5) is 21.2. The van der Waals surface area contributed by atoms with Gasteiger partial charge in [-0.05, 0) is 37.6 Å². The number of piperidine rings is 1. The third-order valence-electron chi connectivity index (χ3n) is 5.26. The number of amides is 1. The van der Waals surface area contributed by atoms with Gasteiger partial charge < -0.3 is 15.1 Å². The van der Waals surface area contributed by atoms with E-state index in [4.69, 9.17) is 0 Å². The summed E-state index contributed by atoms with van der Waals surface area (Å²) in [5.41, 5.74) is 1.74. The Hall–Kier alpha value is -1.86. The highest BCUT2D eigenvalue weighted by Gasteiger charge is 2.28. The van der Waals surface area contributed by atoms with Crippen molar-refractivity contribution in [2.24, 2.45) is 5.92 Å². The third-order valence-corrected chi connectivity index (χ3v) is 5.26. The molecule has 1 N–H and O–H groups in total. The van der Waals surface area contributed by atoms with Gasteiger partial charge in [-0.15, -0.1) is 0 Å². The Morgan fingerprint density at radius 3 is 2.73 bits per heavy atom. The predicted octanol–water partition coefficient (Wildman–Crippen LogP) is 2.13. The van der Waals surface area contributed by atoms with E-state index in [1.54, 1.807) is 12.3 Å². The number of pyridine rings is 1. The van der Waals surface area contributed by atoms with Crippen LogP contribution in [-0.4, -0.2) is 55.1 Å². The van der Waals surface area contributed by atoms with Crippen molar-refractivity contribution in [3.8, 4) is 0 Å². The molecule has 2 aliphatic rings. The molecule has 1 amide bonds. The molecule has 0 aliphatic carbocycles. The van der Waals surface area contributed by atoms with Gasteiger partial charge in [0.25, 0.3) is 0 Å². The Labute approximate surface area is 160 Å². The molecule has 0 saturated carbocycles. The molecule has 0 bridgehead atoms. The number of carbonyl (C=O) groups is 1. The van der Waals surface area contributed by atoms with Crippen LogP contribution < -0.4 is 10.2 Å². The molecule has 0 radical (unpaired) electrons. The molecule has 2 aliphatic heterocycles. The normalized spacial score (nSPS) is 20.7. The van der Waals surface area contributed by atoms with Gasteiger partial charge in [0.05, 0.1) is 11.4 Å². The van der Waals surface area contributed by atoms with Crippen LogP contribution in [0.4, 0.5) is 10.1 Å². The molecule has 3 heterocycles. The first-order valence-electron chi connectivity index (χ1n) is 9.01. The van der Waals surface area contributed by atoms with E-state index in [-0.39, 0.29) is 31.1 Å². The second kappa shape index (κ2) is 8.22. The van der Waals surface area contributed by atoms with Crippen LogP contribution in [0.3, 0.4) is 0 Å². The molecule has 0 unspecified atom stereocenters. The minimum absolute atomic E-state index is 0. The Kier molecular flexibility index (Phi) is 5.98. The van der Waals surface area contributed by atoms with Crippen LogP contribution >= 0.6 is 13.5 Å². The van der Waals surface area contributed by atoms with Gasteiger partial charge in [0.2, 0.25) is 5.91 Å². The fourth-order valence-corrected chi connectivity index (χ4v) is 3.87. The highest BCUT2D eigenvalue weighted by molar-refractivity contribution is 7.59. The molecule has 7 heteroatoms. The summed E-state index contributed by atoms with van der Waals surface area (Å²) in [7, 11) is 0. The predicted molar refractivity (Wildman–Crippen MR) is 106 cm³/mol. The quantitative estimate of drug-likeness (QED) is 0.872. The van der Waals surface area contributed by atoms with E-state index in [0.717, 1.165) is 63.2 Å². The maximum absolute atomic E-state index is 13.4. The van der Waals surface area contributed by atoms with E-state index < -0.39 is 0 Å². The Morgan fingerprint density at radius 2 is 2.00 bits per heavy atom. The van der Waals surface area contributed by atoms with Gasteiger partial charge >= 0.3 is 0 Å². The van der Waals surface area contributed by atoms with Gasteiger partial charge in [0, 0.05) is 56.1 Å². The van der Waals surface area contributed by atoms with E-state index in [1.807, 2.05) is 11.0 Å². The van der Waals surface area contributed by atoms with Crippen LogP contribution in [0.15, 0.2) is 30.5 Å². The lowest BCUT2D eigenvalue weighted by atomic mass is 9.98. The summed E-state index contributed by atoms with van der Waals surface area (Å²) in [5, 5.41) is 4.28. The molecule has 5 nitrogen and oxygen atoms in total. The first-order chi connectivity index (χ1) is 12.2. The van der Waals surface area contributed by atoms with E-state index >= 15 is 0 Å². The Morgan fingerprint density at radius 1 is 1.19 bits per heavy atom. The monoisotopic (exact) mass is 376 g/mol. The van der Waals surface area contributed by atoms with Crippen LogP contribution in [0.25, 0.3) is 10.9 Å². The summed E-state index contributed by atoms with van der Waals surface area (Å²) in [6, 6.07) is 6.71. The highest BCUT2D eigenvalue weighted by atomic mass is 32.1. The molecular weight excluding hydrogens is 351 g/mol. The number of fused-ring (bicyclic) bond motifs is 1. The SMILES string of the molecule is O=C([C@H]1CCCNC1)N1CCN(c2ccnc3cc(F)ccc23)CC1.S. The van der Waals surface area contributed by atoms with Crippen LogP contribution in [-0.2, 0) is 4.79 Å². The molecule has 4 rings (SSSR count). The number of hydrogen-bond donors (Lipinski definition) is 1. The largest absolute Gasteiger partial charge is 0.367 e. The topological polar surface area (TPSA) is 48.5 Å². The molecule has 1 aromatic heterocycles. The molecule has 0 spiro atoms. The minimum atomic E-state index is -0.270. The number of rotatable bonds is 2. The van der Waals surface area contributed by atoms with Crippen molar-refractivity contribution in [3.63, 3.8) is 0 Å². The van der Waals surface area contributed by atoms with Gasteiger partial charge in [-0.25, -0.2) is 4.39 Å². The lowest BCUT2D eigenvalue weighted by Gasteiger charge is -2.38.